The van der Waals surface area contributed by atoms with Crippen LogP contribution in [0.5, 0.6) is 5.75 Å². The van der Waals surface area contributed by atoms with Gasteiger partial charge in [-0.3, -0.25) is 4.79 Å². The van der Waals surface area contributed by atoms with Gasteiger partial charge >= 0.3 is 0 Å². The van der Waals surface area contributed by atoms with Crippen LogP contribution < -0.4 is 15.8 Å². The molecule has 0 unspecified atom stereocenters. The fraction of sp³-hybridized carbons (Fsp3) is 0.0556. The summed E-state index contributed by atoms with van der Waals surface area (Å²) in [4.78, 5) is 11.8. The first kappa shape index (κ1) is 16.3. The molecule has 118 valence electrons. The van der Waals surface area contributed by atoms with E-state index in [0.717, 1.165) is 5.56 Å². The molecule has 0 radical (unpaired) electrons. The summed E-state index contributed by atoms with van der Waals surface area (Å²) in [6, 6.07) is 11.1. The van der Waals surface area contributed by atoms with Crippen molar-refractivity contribution in [1.29, 1.82) is 0 Å². The largest absolute Gasteiger partial charge is 0.487 e. The van der Waals surface area contributed by atoms with Gasteiger partial charge in [0.1, 0.15) is 18.2 Å². The van der Waals surface area contributed by atoms with Crippen LogP contribution in [0.2, 0.25) is 0 Å². The summed E-state index contributed by atoms with van der Waals surface area (Å²) < 4.78 is 18.8. The molecule has 0 fully saturated rings. The average Bonchev–Trinajstić information content (AvgIpc) is 2.54. The highest BCUT2D eigenvalue weighted by molar-refractivity contribution is 6.02. The Balaban J connectivity index is 2.02. The standard InChI is InChI=1S/C18H17FN2O2/c1-2-11-23-17-9-7-13(12-15(17)20)8-10-18(22)21-16-6-4-3-5-14(16)19/h2-10,12H,1,11,20H2,(H,21,22)/b10-8-. The number of nitrogen functional groups attached to an aromatic ring is 1. The van der Waals surface area contributed by atoms with Crippen LogP contribution in [-0.4, -0.2) is 12.5 Å². The lowest BCUT2D eigenvalue weighted by Gasteiger charge is -2.07. The zero-order valence-corrected chi connectivity index (χ0v) is 12.5. The number of benzene rings is 2. The van der Waals surface area contributed by atoms with Crippen molar-refractivity contribution in [3.63, 3.8) is 0 Å². The zero-order chi connectivity index (χ0) is 16.7. The molecule has 0 spiro atoms. The highest BCUT2D eigenvalue weighted by Crippen LogP contribution is 2.23. The summed E-state index contributed by atoms with van der Waals surface area (Å²) in [5.74, 6) is -0.360. The molecule has 0 bridgehead atoms. The average molecular weight is 312 g/mol. The van der Waals surface area contributed by atoms with Crippen LogP contribution in [-0.2, 0) is 4.79 Å². The molecule has 5 heteroatoms. The molecule has 2 aromatic carbocycles. The first-order chi connectivity index (χ1) is 11.1. The van der Waals surface area contributed by atoms with Gasteiger partial charge in [0, 0.05) is 6.08 Å². The topological polar surface area (TPSA) is 64.3 Å². The SMILES string of the molecule is C=CCOc1ccc(/C=C\C(=O)Nc2ccccc2F)cc1N. The molecular formula is C18H17FN2O2. The predicted molar refractivity (Wildman–Crippen MR) is 90.6 cm³/mol. The number of carbonyl (C=O) groups is 1. The minimum absolute atomic E-state index is 0.134. The maximum atomic E-state index is 13.4. The van der Waals surface area contributed by atoms with Crippen LogP contribution in [0.3, 0.4) is 0 Å². The van der Waals surface area contributed by atoms with E-state index in [1.807, 2.05) is 0 Å². The monoisotopic (exact) mass is 312 g/mol. The van der Waals surface area contributed by atoms with Gasteiger partial charge in [0.15, 0.2) is 0 Å². The van der Waals surface area contributed by atoms with Crippen LogP contribution in [0.15, 0.2) is 61.2 Å². The van der Waals surface area contributed by atoms with E-state index in [4.69, 9.17) is 10.5 Å². The van der Waals surface area contributed by atoms with Crippen molar-refractivity contribution in [2.75, 3.05) is 17.7 Å². The van der Waals surface area contributed by atoms with E-state index in [1.165, 1.54) is 18.2 Å². The molecule has 23 heavy (non-hydrogen) atoms. The highest BCUT2D eigenvalue weighted by atomic mass is 19.1. The number of nitrogens with one attached hydrogen (secondary N) is 1. The van der Waals surface area contributed by atoms with E-state index in [0.29, 0.717) is 18.0 Å². The summed E-state index contributed by atoms with van der Waals surface area (Å²) in [6.45, 7) is 3.93. The maximum absolute atomic E-state index is 13.4. The van der Waals surface area contributed by atoms with Gasteiger partial charge in [-0.25, -0.2) is 4.39 Å². The molecule has 0 aliphatic rings. The lowest BCUT2D eigenvalue weighted by Crippen LogP contribution is -2.09. The molecule has 0 atom stereocenters. The second kappa shape index (κ2) is 7.79. The molecule has 0 heterocycles. The lowest BCUT2D eigenvalue weighted by atomic mass is 10.1. The zero-order valence-electron chi connectivity index (χ0n) is 12.5. The minimum atomic E-state index is -0.484. The van der Waals surface area contributed by atoms with Gasteiger partial charge in [0.25, 0.3) is 0 Å². The Morgan fingerprint density at radius 3 is 2.78 bits per heavy atom. The first-order valence-electron chi connectivity index (χ1n) is 6.97. The van der Waals surface area contributed by atoms with Crippen molar-refractivity contribution in [2.45, 2.75) is 0 Å². The van der Waals surface area contributed by atoms with Crippen LogP contribution in [0.4, 0.5) is 15.8 Å². The predicted octanol–water partition coefficient (Wildman–Crippen LogP) is 3.62. The fourth-order valence-corrected chi connectivity index (χ4v) is 1.86. The number of carbonyl (C=O) groups excluding carboxylic acids is 1. The summed E-state index contributed by atoms with van der Waals surface area (Å²) in [7, 11) is 0. The van der Waals surface area contributed by atoms with Gasteiger partial charge in [0.2, 0.25) is 5.91 Å². The Morgan fingerprint density at radius 2 is 2.09 bits per heavy atom. The number of hydrogen-bond donors (Lipinski definition) is 2. The van der Waals surface area contributed by atoms with Crippen molar-refractivity contribution in [2.24, 2.45) is 0 Å². The minimum Gasteiger partial charge on any atom is -0.487 e. The number of ether oxygens (including phenoxy) is 1. The molecule has 0 saturated heterocycles. The molecule has 0 saturated carbocycles. The van der Waals surface area contributed by atoms with Crippen LogP contribution in [0.1, 0.15) is 5.56 Å². The normalized spacial score (nSPS) is 10.5. The van der Waals surface area contributed by atoms with Gasteiger partial charge < -0.3 is 15.8 Å². The van der Waals surface area contributed by atoms with E-state index in [-0.39, 0.29) is 5.69 Å². The summed E-state index contributed by atoms with van der Waals surface area (Å²) >= 11 is 0. The van der Waals surface area contributed by atoms with Crippen LogP contribution >= 0.6 is 0 Å². The van der Waals surface area contributed by atoms with Gasteiger partial charge in [0.05, 0.1) is 11.4 Å². The molecule has 2 rings (SSSR count). The summed E-state index contributed by atoms with van der Waals surface area (Å²) in [5, 5.41) is 2.47. The Bertz CT molecular complexity index is 742. The van der Waals surface area contributed by atoms with Gasteiger partial charge in [-0.05, 0) is 35.9 Å². The number of hydrogen-bond acceptors (Lipinski definition) is 3. The maximum Gasteiger partial charge on any atom is 0.248 e. The van der Waals surface area contributed by atoms with Crippen LogP contribution in [0, 0.1) is 5.82 Å². The molecule has 3 N–H and O–H groups in total. The third-order valence-electron chi connectivity index (χ3n) is 2.95. The first-order valence-corrected chi connectivity index (χ1v) is 6.97. The molecular weight excluding hydrogens is 295 g/mol. The highest BCUT2D eigenvalue weighted by Gasteiger charge is 2.04. The van der Waals surface area contributed by atoms with E-state index in [2.05, 4.69) is 11.9 Å². The number of nitrogens with two attached hydrogens (primary N) is 1. The van der Waals surface area contributed by atoms with Crippen molar-refractivity contribution >= 4 is 23.4 Å². The Kier molecular flexibility index (Phi) is 5.52. The van der Waals surface area contributed by atoms with Crippen molar-refractivity contribution in [3.8, 4) is 5.75 Å². The van der Waals surface area contributed by atoms with Gasteiger partial charge in [-0.2, -0.15) is 0 Å². The number of para-hydroxylation sites is 1. The van der Waals surface area contributed by atoms with Crippen LogP contribution in [0.25, 0.3) is 6.08 Å². The third-order valence-corrected chi connectivity index (χ3v) is 2.95. The van der Waals surface area contributed by atoms with Crippen molar-refractivity contribution < 1.29 is 13.9 Å². The quantitative estimate of drug-likeness (QED) is 0.486. The number of amides is 1. The number of anilines is 2. The van der Waals surface area contributed by atoms with Crippen molar-refractivity contribution in [3.05, 3.63) is 72.6 Å². The fourth-order valence-electron chi connectivity index (χ4n) is 1.86. The van der Waals surface area contributed by atoms with Gasteiger partial charge in [-0.1, -0.05) is 30.9 Å². The second-order valence-corrected chi connectivity index (χ2v) is 4.70. The third kappa shape index (κ3) is 4.71. The molecule has 0 aliphatic carbocycles. The lowest BCUT2D eigenvalue weighted by molar-refractivity contribution is -0.111. The van der Waals surface area contributed by atoms with Crippen molar-refractivity contribution in [1.82, 2.24) is 0 Å². The number of rotatable bonds is 6. The summed E-state index contributed by atoms with van der Waals surface area (Å²) in [6.07, 6.45) is 4.52. The van der Waals surface area contributed by atoms with E-state index < -0.39 is 11.7 Å². The Hall–Kier alpha value is -3.08. The molecule has 0 aliphatic heterocycles. The molecule has 4 nitrogen and oxygen atoms in total. The number of halogens is 1. The van der Waals surface area contributed by atoms with E-state index in [1.54, 1.807) is 42.5 Å². The van der Waals surface area contributed by atoms with Gasteiger partial charge in [-0.15, -0.1) is 0 Å². The summed E-state index contributed by atoms with van der Waals surface area (Å²) in [5.41, 5.74) is 7.20. The smallest absolute Gasteiger partial charge is 0.248 e. The Labute approximate surface area is 134 Å². The molecule has 0 aromatic heterocycles. The molecule has 2 aromatic rings. The Morgan fingerprint density at radius 1 is 1.30 bits per heavy atom. The van der Waals surface area contributed by atoms with E-state index >= 15 is 0 Å². The van der Waals surface area contributed by atoms with E-state index in [9.17, 15) is 9.18 Å². The molecule has 1 amide bonds. The second-order valence-electron chi connectivity index (χ2n) is 4.70.